The molecule has 27 heavy (non-hydrogen) atoms. The van der Waals surface area contributed by atoms with E-state index in [-0.39, 0.29) is 6.61 Å². The quantitative estimate of drug-likeness (QED) is 0.576. The van der Waals surface area contributed by atoms with Gasteiger partial charge < -0.3 is 10.1 Å². The predicted octanol–water partition coefficient (Wildman–Crippen LogP) is 5.95. The van der Waals surface area contributed by atoms with Crippen LogP contribution >= 0.6 is 11.6 Å². The molecule has 0 fully saturated rings. The minimum atomic E-state index is -0.429. The fourth-order valence-corrected chi connectivity index (χ4v) is 2.67. The van der Waals surface area contributed by atoms with Crippen LogP contribution in [0, 0.1) is 0 Å². The van der Waals surface area contributed by atoms with Gasteiger partial charge in [-0.25, -0.2) is 4.79 Å². The predicted molar refractivity (Wildman–Crippen MR) is 111 cm³/mol. The fourth-order valence-electron chi connectivity index (χ4n) is 2.54. The Balaban J connectivity index is 1.44. The average molecular weight is 378 g/mol. The lowest BCUT2D eigenvalue weighted by Crippen LogP contribution is -2.24. The molecule has 0 saturated heterocycles. The Hall–Kier alpha value is -3.04. The van der Waals surface area contributed by atoms with Gasteiger partial charge in [-0.05, 0) is 34.4 Å². The molecule has 0 aliphatic carbocycles. The van der Waals surface area contributed by atoms with Crippen molar-refractivity contribution in [2.75, 3.05) is 6.54 Å². The van der Waals surface area contributed by atoms with E-state index >= 15 is 0 Å². The third-order valence-electron chi connectivity index (χ3n) is 3.98. The Labute approximate surface area is 164 Å². The number of benzene rings is 3. The maximum Gasteiger partial charge on any atom is 0.407 e. The molecule has 1 N–H and O–H groups in total. The lowest BCUT2D eigenvalue weighted by Gasteiger charge is -2.05. The van der Waals surface area contributed by atoms with Crippen molar-refractivity contribution in [1.29, 1.82) is 0 Å². The number of nitrogens with one attached hydrogen (secondary N) is 1. The highest BCUT2D eigenvalue weighted by atomic mass is 35.5. The molecule has 3 nitrogen and oxygen atoms in total. The van der Waals surface area contributed by atoms with Gasteiger partial charge in [0.2, 0.25) is 0 Å². The number of carbonyl (C=O) groups excluding carboxylic acids is 1. The third kappa shape index (κ3) is 6.01. The smallest absolute Gasteiger partial charge is 0.407 e. The van der Waals surface area contributed by atoms with Crippen LogP contribution in [0.25, 0.3) is 17.2 Å². The van der Waals surface area contributed by atoms with Crippen molar-refractivity contribution in [1.82, 2.24) is 5.32 Å². The van der Waals surface area contributed by atoms with Crippen molar-refractivity contribution in [3.8, 4) is 11.1 Å². The molecule has 0 aromatic heterocycles. The molecule has 3 aromatic rings. The molecule has 3 rings (SSSR count). The fraction of sp³-hybridized carbons (Fsp3) is 0.0870. The number of rotatable bonds is 6. The van der Waals surface area contributed by atoms with Crippen molar-refractivity contribution in [3.63, 3.8) is 0 Å². The number of hydrogen-bond donors (Lipinski definition) is 1. The summed E-state index contributed by atoms with van der Waals surface area (Å²) in [5, 5.41) is 3.43. The minimum absolute atomic E-state index is 0.266. The SMILES string of the molecule is O=C(NCC=Cc1ccc(-c2ccc(Cl)cc2)cc1)OCc1ccccc1. The molecule has 0 unspecified atom stereocenters. The van der Waals surface area contributed by atoms with E-state index in [1.165, 1.54) is 0 Å². The Morgan fingerprint density at radius 3 is 2.19 bits per heavy atom. The molecule has 0 bridgehead atoms. The maximum atomic E-state index is 11.7. The largest absolute Gasteiger partial charge is 0.445 e. The lowest BCUT2D eigenvalue weighted by molar-refractivity contribution is 0.141. The molecule has 3 aromatic carbocycles. The van der Waals surface area contributed by atoms with Crippen LogP contribution < -0.4 is 5.32 Å². The van der Waals surface area contributed by atoms with Crippen LogP contribution in [0.1, 0.15) is 11.1 Å². The monoisotopic (exact) mass is 377 g/mol. The molecule has 1 amide bonds. The Morgan fingerprint density at radius 2 is 1.52 bits per heavy atom. The molecule has 136 valence electrons. The summed E-state index contributed by atoms with van der Waals surface area (Å²) >= 11 is 5.92. The molecule has 0 aliphatic heterocycles. The van der Waals surface area contributed by atoms with E-state index in [1.54, 1.807) is 0 Å². The van der Waals surface area contributed by atoms with Crippen LogP contribution in [-0.4, -0.2) is 12.6 Å². The Kier molecular flexibility index (Phi) is 6.66. The second-order valence-electron chi connectivity index (χ2n) is 5.97. The highest BCUT2D eigenvalue weighted by Gasteiger charge is 2.00. The summed E-state index contributed by atoms with van der Waals surface area (Å²) in [5.74, 6) is 0. The van der Waals surface area contributed by atoms with E-state index in [2.05, 4.69) is 17.4 Å². The average Bonchev–Trinajstić information content (AvgIpc) is 2.71. The summed E-state index contributed by atoms with van der Waals surface area (Å²) in [6.45, 7) is 0.676. The summed E-state index contributed by atoms with van der Waals surface area (Å²) in [6, 6.07) is 25.5. The number of halogens is 1. The van der Waals surface area contributed by atoms with Crippen LogP contribution in [0.5, 0.6) is 0 Å². The van der Waals surface area contributed by atoms with Crippen LogP contribution in [0.4, 0.5) is 4.79 Å². The van der Waals surface area contributed by atoms with Crippen LogP contribution in [0.15, 0.2) is 84.9 Å². The van der Waals surface area contributed by atoms with Crippen LogP contribution in [-0.2, 0) is 11.3 Å². The standard InChI is InChI=1S/C23H20ClNO2/c24-22-14-12-21(13-15-22)20-10-8-18(9-11-20)7-4-16-25-23(26)27-17-19-5-2-1-3-6-19/h1-15H,16-17H2,(H,25,26). The first-order valence-electron chi connectivity index (χ1n) is 8.68. The van der Waals surface area contributed by atoms with Crippen molar-refractivity contribution in [3.05, 3.63) is 101 Å². The minimum Gasteiger partial charge on any atom is -0.445 e. The zero-order valence-corrected chi connectivity index (χ0v) is 15.5. The van der Waals surface area contributed by atoms with Gasteiger partial charge in [-0.2, -0.15) is 0 Å². The van der Waals surface area contributed by atoms with Gasteiger partial charge in [-0.3, -0.25) is 0 Å². The van der Waals surface area contributed by atoms with Gasteiger partial charge in [-0.15, -0.1) is 0 Å². The number of hydrogen-bond acceptors (Lipinski definition) is 2. The molecular formula is C23H20ClNO2. The first-order valence-corrected chi connectivity index (χ1v) is 9.05. The highest BCUT2D eigenvalue weighted by molar-refractivity contribution is 6.30. The second-order valence-corrected chi connectivity index (χ2v) is 6.41. The summed E-state index contributed by atoms with van der Waals surface area (Å²) < 4.78 is 5.16. The van der Waals surface area contributed by atoms with E-state index < -0.39 is 6.09 Å². The molecule has 0 saturated carbocycles. The first kappa shape index (κ1) is 18.7. The molecule has 4 heteroatoms. The van der Waals surface area contributed by atoms with Gasteiger partial charge >= 0.3 is 6.09 Å². The van der Waals surface area contributed by atoms with Crippen molar-refractivity contribution in [2.24, 2.45) is 0 Å². The third-order valence-corrected chi connectivity index (χ3v) is 4.23. The van der Waals surface area contributed by atoms with Gasteiger partial charge in [0.1, 0.15) is 6.61 Å². The zero-order chi connectivity index (χ0) is 18.9. The van der Waals surface area contributed by atoms with E-state index in [9.17, 15) is 4.79 Å². The van der Waals surface area contributed by atoms with Crippen LogP contribution in [0.3, 0.4) is 0 Å². The number of amides is 1. The molecule has 0 radical (unpaired) electrons. The lowest BCUT2D eigenvalue weighted by atomic mass is 10.0. The van der Waals surface area contributed by atoms with Crippen molar-refractivity contribution >= 4 is 23.8 Å². The molecule has 0 heterocycles. The molecular weight excluding hydrogens is 358 g/mol. The van der Waals surface area contributed by atoms with E-state index in [1.807, 2.05) is 78.9 Å². The summed E-state index contributed by atoms with van der Waals surface area (Å²) in [6.07, 6.45) is 3.42. The van der Waals surface area contributed by atoms with Crippen molar-refractivity contribution < 1.29 is 9.53 Å². The number of ether oxygens (including phenoxy) is 1. The van der Waals surface area contributed by atoms with Crippen LogP contribution in [0.2, 0.25) is 5.02 Å². The highest BCUT2D eigenvalue weighted by Crippen LogP contribution is 2.22. The Morgan fingerprint density at radius 1 is 0.889 bits per heavy atom. The molecule has 0 atom stereocenters. The second kappa shape index (κ2) is 9.60. The van der Waals surface area contributed by atoms with Crippen molar-refractivity contribution in [2.45, 2.75) is 6.61 Å². The van der Waals surface area contributed by atoms with Gasteiger partial charge in [-0.1, -0.05) is 90.5 Å². The van der Waals surface area contributed by atoms with Gasteiger partial charge in [0.05, 0.1) is 0 Å². The zero-order valence-electron chi connectivity index (χ0n) is 14.8. The van der Waals surface area contributed by atoms with Gasteiger partial charge in [0.15, 0.2) is 0 Å². The van der Waals surface area contributed by atoms with Gasteiger partial charge in [0.25, 0.3) is 0 Å². The summed E-state index contributed by atoms with van der Waals surface area (Å²) in [7, 11) is 0. The Bertz CT molecular complexity index is 888. The maximum absolute atomic E-state index is 11.7. The number of alkyl carbamates (subject to hydrolysis) is 1. The number of carbonyl (C=O) groups is 1. The van der Waals surface area contributed by atoms with E-state index in [4.69, 9.17) is 16.3 Å². The van der Waals surface area contributed by atoms with E-state index in [0.717, 1.165) is 27.3 Å². The van der Waals surface area contributed by atoms with Gasteiger partial charge in [0, 0.05) is 11.6 Å². The van der Waals surface area contributed by atoms with E-state index in [0.29, 0.717) is 6.54 Å². The summed E-state index contributed by atoms with van der Waals surface area (Å²) in [4.78, 5) is 11.7. The normalized spacial score (nSPS) is 10.7. The molecule has 0 aliphatic rings. The topological polar surface area (TPSA) is 38.3 Å². The first-order chi connectivity index (χ1) is 13.2. The summed E-state index contributed by atoms with van der Waals surface area (Å²) in [5.41, 5.74) is 4.28. The molecule has 0 spiro atoms.